The maximum atomic E-state index is 8.50. The molecule has 0 spiro atoms. The third-order valence-electron chi connectivity index (χ3n) is 0.372. The average Bonchev–Trinajstić information content (AvgIpc) is 2.40. The first-order chi connectivity index (χ1) is 5.65. The molecule has 0 saturated heterocycles. The van der Waals surface area contributed by atoms with Crippen molar-refractivity contribution in [3.63, 3.8) is 0 Å². The van der Waals surface area contributed by atoms with Gasteiger partial charge < -0.3 is 40.5 Å². The van der Waals surface area contributed by atoms with Gasteiger partial charge in [-0.25, -0.2) is 0 Å². The van der Waals surface area contributed by atoms with E-state index in [0.717, 1.165) is 0 Å². The van der Waals surface area contributed by atoms with Crippen LogP contribution in [0.5, 0.6) is 0 Å². The summed E-state index contributed by atoms with van der Waals surface area (Å²) in [5.74, 6) is 0. The van der Waals surface area contributed by atoms with Crippen molar-refractivity contribution in [2.45, 2.75) is 0 Å². The van der Waals surface area contributed by atoms with Crippen LogP contribution in [0.2, 0.25) is 0 Å². The van der Waals surface area contributed by atoms with E-state index in [0.29, 0.717) is 0 Å². The molecule has 2 N–H and O–H groups in total. The second-order valence-electron chi connectivity index (χ2n) is 1.10. The van der Waals surface area contributed by atoms with Gasteiger partial charge >= 0.3 is 25.3 Å². The van der Waals surface area contributed by atoms with Gasteiger partial charge in [0.15, 0.2) is 0 Å². The van der Waals surface area contributed by atoms with Gasteiger partial charge in [-0.2, -0.15) is 0 Å². The summed E-state index contributed by atoms with van der Waals surface area (Å²) in [6.45, 7) is 0. The van der Waals surface area contributed by atoms with Gasteiger partial charge in [0.1, 0.15) is 0 Å². The van der Waals surface area contributed by atoms with Crippen molar-refractivity contribution in [1.29, 1.82) is 0 Å². The van der Waals surface area contributed by atoms with E-state index in [-0.39, 0.29) is 4.32 Å². The SMILES string of the molecule is NC(=S)[S-].[O]=[Mo+2]=[O].c1c[n-]cn1. The van der Waals surface area contributed by atoms with Gasteiger partial charge in [0.05, 0.1) is 0 Å². The van der Waals surface area contributed by atoms with Crippen LogP contribution in [0.15, 0.2) is 18.7 Å². The fraction of sp³-hybridized carbons (Fsp3) is 0. The number of hydrogen-bond acceptors (Lipinski definition) is 5. The van der Waals surface area contributed by atoms with Crippen LogP contribution in [-0.2, 0) is 37.9 Å². The predicted molar refractivity (Wildman–Crippen MR) is 43.1 cm³/mol. The Kier molecular flexibility index (Phi) is 15.6. The summed E-state index contributed by atoms with van der Waals surface area (Å²) in [4.78, 5) is 7.22. The summed E-state index contributed by atoms with van der Waals surface area (Å²) in [5, 5.41) is 0. The van der Waals surface area contributed by atoms with Gasteiger partial charge in [0.25, 0.3) is 0 Å². The van der Waals surface area contributed by atoms with E-state index in [2.05, 4.69) is 40.5 Å². The molecule has 0 atom stereocenters. The molecule has 0 bridgehead atoms. The molecule has 1 aromatic rings. The number of hydrogen-bond donors (Lipinski definition) is 1. The van der Waals surface area contributed by atoms with E-state index in [4.69, 9.17) is 6.80 Å². The number of nitrogens with zero attached hydrogens (tertiary/aromatic N) is 2. The summed E-state index contributed by atoms with van der Waals surface area (Å²) < 4.78 is 17.1. The molecule has 66 valence electrons. The van der Waals surface area contributed by atoms with Crippen LogP contribution in [-0.4, -0.2) is 9.30 Å². The molecule has 0 aliphatic heterocycles. The van der Waals surface area contributed by atoms with Crippen molar-refractivity contribution in [3.8, 4) is 0 Å². The summed E-state index contributed by atoms with van der Waals surface area (Å²) >= 11 is 6.23. The zero-order valence-electron chi connectivity index (χ0n) is 5.75. The van der Waals surface area contributed by atoms with Gasteiger partial charge in [-0.3, -0.25) is 0 Å². The van der Waals surface area contributed by atoms with Crippen molar-refractivity contribution in [2.75, 3.05) is 0 Å². The minimum atomic E-state index is -2.03. The molecule has 5 nitrogen and oxygen atoms in total. The number of aromatic nitrogens is 2. The van der Waals surface area contributed by atoms with Crippen molar-refractivity contribution in [2.24, 2.45) is 5.73 Å². The topological polar surface area (TPSA) is 87.2 Å². The Balaban J connectivity index is 0. The number of imidazole rings is 1. The average molecular weight is 287 g/mol. The third kappa shape index (κ3) is 33.5. The Labute approximate surface area is 88.7 Å². The van der Waals surface area contributed by atoms with E-state index >= 15 is 0 Å². The van der Waals surface area contributed by atoms with Crippen molar-refractivity contribution in [3.05, 3.63) is 18.7 Å². The van der Waals surface area contributed by atoms with Crippen LogP contribution < -0.4 is 10.7 Å². The van der Waals surface area contributed by atoms with Crippen LogP contribution in [0.25, 0.3) is 0 Å². The second kappa shape index (κ2) is 13.2. The Morgan fingerprint density at radius 3 is 2.17 bits per heavy atom. The van der Waals surface area contributed by atoms with Crippen molar-refractivity contribution in [1.82, 2.24) is 9.97 Å². The molecule has 1 heterocycles. The molecule has 1 aromatic heterocycles. The van der Waals surface area contributed by atoms with Crippen LogP contribution in [0.3, 0.4) is 0 Å². The second-order valence-corrected chi connectivity index (χ2v) is 2.57. The predicted octanol–water partition coefficient (Wildman–Crippen LogP) is -0.424. The van der Waals surface area contributed by atoms with E-state index in [1.54, 1.807) is 12.4 Å². The Morgan fingerprint density at radius 2 is 2.08 bits per heavy atom. The number of nitrogens with two attached hydrogens (primary N) is 1. The first-order valence-corrected chi connectivity index (χ1v) is 4.85. The summed E-state index contributed by atoms with van der Waals surface area (Å²) in [6, 6.07) is 0. The number of rotatable bonds is 0. The first kappa shape index (κ1) is 14.2. The Bertz CT molecular complexity index is 201. The standard InChI is InChI=1S/C3H3N2.CH3NS2.Mo.2O/c1-2-5-3-4-1;2-1(3)4;;;/h1-3H;(H3,2,3,4);;;/q-1;;+2;;/p-1. The van der Waals surface area contributed by atoms with Crippen LogP contribution >= 0.6 is 12.2 Å². The normalized spacial score (nSPS) is 6.00. The molecule has 0 fully saturated rings. The molecule has 8 heteroatoms. The van der Waals surface area contributed by atoms with Gasteiger partial charge in [-0.15, -0.1) is 0 Å². The molecular weight excluding hydrogens is 282 g/mol. The summed E-state index contributed by atoms with van der Waals surface area (Å²) in [7, 11) is 0. The Morgan fingerprint density at radius 1 is 1.67 bits per heavy atom. The van der Waals surface area contributed by atoms with Crippen LogP contribution in [0.1, 0.15) is 0 Å². The Hall–Kier alpha value is -0.392. The minimum Gasteiger partial charge on any atom is -0.450 e. The fourth-order valence-corrected chi connectivity index (χ4v) is 0.192. The summed E-state index contributed by atoms with van der Waals surface area (Å²) in [6.07, 6.45) is 4.78. The number of thiocarbonyl (C=S) groups is 1. The molecule has 0 aliphatic rings. The van der Waals surface area contributed by atoms with Gasteiger partial charge in [-0.1, -0.05) is 23.0 Å². The van der Waals surface area contributed by atoms with Gasteiger partial charge in [0.2, 0.25) is 0 Å². The van der Waals surface area contributed by atoms with Crippen molar-refractivity contribution >= 4 is 29.2 Å². The summed E-state index contributed by atoms with van der Waals surface area (Å²) in [5.41, 5.74) is 4.66. The molecular formula is C4H5MoN3O2S2. The molecule has 0 aliphatic carbocycles. The largest absolute Gasteiger partial charge is 0.450 e. The van der Waals surface area contributed by atoms with E-state index in [9.17, 15) is 0 Å². The van der Waals surface area contributed by atoms with E-state index in [1.807, 2.05) is 0 Å². The molecule has 0 amide bonds. The maximum absolute atomic E-state index is 8.50. The van der Waals surface area contributed by atoms with Crippen LogP contribution in [0.4, 0.5) is 0 Å². The zero-order valence-corrected chi connectivity index (χ0v) is 9.39. The van der Waals surface area contributed by atoms with E-state index in [1.165, 1.54) is 6.33 Å². The molecule has 0 aromatic carbocycles. The van der Waals surface area contributed by atoms with Crippen molar-refractivity contribution < 1.29 is 25.3 Å². The zero-order chi connectivity index (χ0) is 9.82. The first-order valence-electron chi connectivity index (χ1n) is 2.40. The monoisotopic (exact) mass is 289 g/mol. The molecule has 12 heavy (non-hydrogen) atoms. The minimum absolute atomic E-state index is 0.0833. The molecule has 0 unspecified atom stereocenters. The quantitative estimate of drug-likeness (QED) is 0.394. The van der Waals surface area contributed by atoms with Gasteiger partial charge in [-0.05, 0) is 0 Å². The van der Waals surface area contributed by atoms with Gasteiger partial charge in [0, 0.05) is 0 Å². The molecule has 1 rings (SSSR count). The smallest absolute Gasteiger partial charge is 0.0843 e. The van der Waals surface area contributed by atoms with E-state index < -0.39 is 18.5 Å². The molecule has 0 saturated carbocycles. The van der Waals surface area contributed by atoms with Crippen LogP contribution in [0, 0.1) is 0 Å². The maximum Gasteiger partial charge on any atom is -0.0843 e. The molecule has 0 radical (unpaired) electrons. The fourth-order valence-electron chi connectivity index (χ4n) is 0.192. The third-order valence-corrected chi connectivity index (χ3v) is 0.372.